The van der Waals surface area contributed by atoms with Gasteiger partial charge in [0.15, 0.2) is 5.69 Å². The van der Waals surface area contributed by atoms with Crippen LogP contribution in [0.25, 0.3) is 10.8 Å². The highest BCUT2D eigenvalue weighted by atomic mass is 35.5. The number of benzene rings is 3. The Labute approximate surface area is 218 Å². The summed E-state index contributed by atoms with van der Waals surface area (Å²) in [5.41, 5.74) is 1.75. The Morgan fingerprint density at radius 3 is 2.41 bits per heavy atom. The number of nitrogens with one attached hydrogen (secondary N) is 1. The summed E-state index contributed by atoms with van der Waals surface area (Å²) in [5.74, 6) is -0.983. The highest BCUT2D eigenvalue weighted by Gasteiger charge is 2.21. The van der Waals surface area contributed by atoms with E-state index in [-0.39, 0.29) is 34.8 Å². The van der Waals surface area contributed by atoms with Crippen molar-refractivity contribution in [3.8, 4) is 6.07 Å². The Bertz CT molecular complexity index is 1590. The van der Waals surface area contributed by atoms with E-state index in [2.05, 4.69) is 17.3 Å². The number of halogens is 1. The molecule has 0 radical (unpaired) electrons. The molecule has 4 rings (SSSR count). The Morgan fingerprint density at radius 2 is 1.76 bits per heavy atom. The average molecular weight is 514 g/mol. The van der Waals surface area contributed by atoms with Crippen molar-refractivity contribution >= 4 is 45.6 Å². The third-order valence-corrected chi connectivity index (χ3v) is 6.23. The summed E-state index contributed by atoms with van der Waals surface area (Å²) in [4.78, 5) is 41.3. The van der Waals surface area contributed by atoms with Gasteiger partial charge in [-0.3, -0.25) is 14.4 Å². The predicted molar refractivity (Wildman–Crippen MR) is 144 cm³/mol. The van der Waals surface area contributed by atoms with Crippen molar-refractivity contribution in [3.63, 3.8) is 0 Å². The van der Waals surface area contributed by atoms with Gasteiger partial charge >= 0.3 is 0 Å². The second-order valence-corrected chi connectivity index (χ2v) is 8.71. The normalized spacial score (nSPS) is 10.6. The summed E-state index contributed by atoms with van der Waals surface area (Å²) in [5, 5.41) is 17.3. The number of nitriles is 1. The lowest BCUT2D eigenvalue weighted by Gasteiger charge is -2.22. The van der Waals surface area contributed by atoms with Crippen LogP contribution < -0.4 is 15.8 Å². The fourth-order valence-electron chi connectivity index (χ4n) is 4.04. The Morgan fingerprint density at radius 1 is 1.05 bits per heavy atom. The molecule has 0 atom stereocenters. The van der Waals surface area contributed by atoms with E-state index in [1.165, 1.54) is 12.1 Å². The minimum Gasteiger partial charge on any atom is -0.319 e. The van der Waals surface area contributed by atoms with Crippen LogP contribution >= 0.6 is 11.6 Å². The number of nitrogens with zero attached hydrogens (tertiary/aromatic N) is 4. The minimum absolute atomic E-state index is 0.0535. The number of carbonyl (C=O) groups excluding carboxylic acids is 2. The molecule has 37 heavy (non-hydrogen) atoms. The number of likely N-dealkylation sites (N-methyl/N-ethyl adjacent to an activating group) is 1. The fraction of sp³-hybridized carbons (Fsp3) is 0.179. The Hall–Kier alpha value is -4.48. The number of hydrogen-bond donors (Lipinski definition) is 1. The van der Waals surface area contributed by atoms with Gasteiger partial charge in [-0.15, -0.1) is 0 Å². The van der Waals surface area contributed by atoms with Crippen LogP contribution in [0.3, 0.4) is 0 Å². The number of anilines is 2. The van der Waals surface area contributed by atoms with Crippen molar-refractivity contribution in [2.45, 2.75) is 26.8 Å². The summed E-state index contributed by atoms with van der Waals surface area (Å²) in [7, 11) is 0. The molecule has 0 fully saturated rings. The molecular formula is C28H24ClN5O3. The van der Waals surface area contributed by atoms with Gasteiger partial charge in [-0.05, 0) is 55.3 Å². The molecule has 1 aromatic heterocycles. The summed E-state index contributed by atoms with van der Waals surface area (Å²) >= 11 is 6.05. The van der Waals surface area contributed by atoms with E-state index < -0.39 is 11.5 Å². The number of fused-ring (bicyclic) bond motifs is 1. The average Bonchev–Trinajstić information content (AvgIpc) is 2.91. The number of aromatic nitrogens is 2. The van der Waals surface area contributed by atoms with Gasteiger partial charge in [0.25, 0.3) is 11.5 Å². The monoisotopic (exact) mass is 513 g/mol. The maximum absolute atomic E-state index is 13.3. The summed E-state index contributed by atoms with van der Waals surface area (Å²) < 4.78 is 1.01. The van der Waals surface area contributed by atoms with Gasteiger partial charge in [0.05, 0.1) is 16.6 Å². The second-order valence-electron chi connectivity index (χ2n) is 8.27. The predicted octanol–water partition coefficient (Wildman–Crippen LogP) is 4.79. The SMILES string of the molecule is CCc1ccc(N(CC)C(=O)Cn2nc(C(=O)Nc3cc(Cl)ccc3C#N)c3ccccc3c2=O)cc1. The molecule has 0 aliphatic carbocycles. The molecule has 0 saturated carbocycles. The molecule has 186 valence electrons. The highest BCUT2D eigenvalue weighted by Crippen LogP contribution is 2.22. The molecule has 4 aromatic rings. The molecule has 8 nitrogen and oxygen atoms in total. The van der Waals surface area contributed by atoms with Gasteiger partial charge in [0, 0.05) is 22.6 Å². The molecule has 3 aromatic carbocycles. The van der Waals surface area contributed by atoms with E-state index in [1.54, 1.807) is 35.2 Å². The lowest BCUT2D eigenvalue weighted by molar-refractivity contribution is -0.119. The fourth-order valence-corrected chi connectivity index (χ4v) is 4.21. The van der Waals surface area contributed by atoms with Crippen molar-refractivity contribution in [1.82, 2.24) is 9.78 Å². The van der Waals surface area contributed by atoms with E-state index in [0.717, 1.165) is 16.7 Å². The van der Waals surface area contributed by atoms with E-state index in [9.17, 15) is 19.6 Å². The first-order chi connectivity index (χ1) is 17.9. The maximum Gasteiger partial charge on any atom is 0.276 e. The molecule has 0 aliphatic heterocycles. The molecule has 9 heteroatoms. The van der Waals surface area contributed by atoms with Gasteiger partial charge in [-0.2, -0.15) is 10.4 Å². The largest absolute Gasteiger partial charge is 0.319 e. The van der Waals surface area contributed by atoms with Gasteiger partial charge in [0.1, 0.15) is 12.6 Å². The zero-order chi connectivity index (χ0) is 26.5. The number of aryl methyl sites for hydroxylation is 1. The molecule has 0 bridgehead atoms. The molecule has 0 spiro atoms. The van der Waals surface area contributed by atoms with Crippen molar-refractivity contribution < 1.29 is 9.59 Å². The van der Waals surface area contributed by atoms with E-state index in [0.29, 0.717) is 22.6 Å². The molecule has 1 heterocycles. The maximum atomic E-state index is 13.3. The van der Waals surface area contributed by atoms with Crippen LogP contribution in [0.2, 0.25) is 5.02 Å². The van der Waals surface area contributed by atoms with Crippen LogP contribution in [0, 0.1) is 11.3 Å². The summed E-state index contributed by atoms with van der Waals surface area (Å²) in [6.45, 7) is 3.94. The van der Waals surface area contributed by atoms with Crippen molar-refractivity contribution in [2.24, 2.45) is 0 Å². The number of amides is 2. The van der Waals surface area contributed by atoms with Gasteiger partial charge < -0.3 is 10.2 Å². The van der Waals surface area contributed by atoms with Gasteiger partial charge in [-0.1, -0.05) is 48.9 Å². The Kier molecular flexibility index (Phi) is 7.66. The second kappa shape index (κ2) is 11.1. The summed E-state index contributed by atoms with van der Waals surface area (Å²) in [6.07, 6.45) is 0.882. The quantitative estimate of drug-likeness (QED) is 0.382. The van der Waals surface area contributed by atoms with Crippen LogP contribution in [0.15, 0.2) is 71.5 Å². The summed E-state index contributed by atoms with van der Waals surface area (Å²) in [6, 6.07) is 20.7. The van der Waals surface area contributed by atoms with Crippen LogP contribution in [0.1, 0.15) is 35.5 Å². The number of carbonyl (C=O) groups is 2. The number of rotatable bonds is 7. The smallest absolute Gasteiger partial charge is 0.276 e. The van der Waals surface area contributed by atoms with E-state index in [1.807, 2.05) is 37.3 Å². The van der Waals surface area contributed by atoms with Gasteiger partial charge in [-0.25, -0.2) is 4.68 Å². The third-order valence-electron chi connectivity index (χ3n) is 5.99. The molecule has 0 aliphatic rings. The molecule has 0 saturated heterocycles. The van der Waals surface area contributed by atoms with Crippen LogP contribution in [0.4, 0.5) is 11.4 Å². The van der Waals surface area contributed by atoms with E-state index in [4.69, 9.17) is 11.6 Å². The lowest BCUT2D eigenvalue weighted by Crippen LogP contribution is -2.38. The molecular weight excluding hydrogens is 490 g/mol. The number of hydrogen-bond acceptors (Lipinski definition) is 5. The first-order valence-electron chi connectivity index (χ1n) is 11.8. The molecule has 0 unspecified atom stereocenters. The van der Waals surface area contributed by atoms with Crippen LogP contribution in [-0.4, -0.2) is 28.1 Å². The first-order valence-corrected chi connectivity index (χ1v) is 12.1. The minimum atomic E-state index is -0.640. The van der Waals surface area contributed by atoms with Crippen LogP contribution in [0.5, 0.6) is 0 Å². The van der Waals surface area contributed by atoms with Crippen molar-refractivity contribution in [3.05, 3.63) is 98.9 Å². The highest BCUT2D eigenvalue weighted by molar-refractivity contribution is 6.31. The first kappa shape index (κ1) is 25.6. The standard InChI is InChI=1S/C28H24ClN5O3/c1-3-18-9-13-21(14-10-18)33(4-2)25(35)17-34-28(37)23-8-6-5-7-22(23)26(32-34)27(36)31-24-15-20(29)12-11-19(24)16-30/h5-15H,3-4,17H2,1-2H3,(H,31,36). The third kappa shape index (κ3) is 5.37. The molecule has 2 amide bonds. The zero-order valence-corrected chi connectivity index (χ0v) is 21.1. The Balaban J connectivity index is 1.72. The molecule has 1 N–H and O–H groups in total. The van der Waals surface area contributed by atoms with Crippen molar-refractivity contribution in [2.75, 3.05) is 16.8 Å². The van der Waals surface area contributed by atoms with E-state index >= 15 is 0 Å². The van der Waals surface area contributed by atoms with Gasteiger partial charge in [0.2, 0.25) is 5.91 Å². The van der Waals surface area contributed by atoms with Crippen molar-refractivity contribution in [1.29, 1.82) is 5.26 Å². The zero-order valence-electron chi connectivity index (χ0n) is 20.4. The topological polar surface area (TPSA) is 108 Å². The van der Waals surface area contributed by atoms with Crippen LogP contribution in [-0.2, 0) is 17.8 Å². The lowest BCUT2D eigenvalue weighted by atomic mass is 10.1.